The van der Waals surface area contributed by atoms with E-state index in [0.717, 1.165) is 21.8 Å². The van der Waals surface area contributed by atoms with Crippen molar-refractivity contribution in [3.63, 3.8) is 0 Å². The van der Waals surface area contributed by atoms with Gasteiger partial charge in [-0.1, -0.05) is 78.9 Å². The molecule has 0 radical (unpaired) electrons. The minimum absolute atomic E-state index is 0.137. The van der Waals surface area contributed by atoms with Gasteiger partial charge in [-0.2, -0.15) is 0 Å². The third kappa shape index (κ3) is 2.62. The first-order valence-corrected chi connectivity index (χ1v) is 10.2. The lowest BCUT2D eigenvalue weighted by Crippen LogP contribution is -1.98. The van der Waals surface area contributed by atoms with Crippen LogP contribution in [-0.2, 0) is 7.05 Å². The predicted octanol–water partition coefficient (Wildman–Crippen LogP) is 6.37. The molecule has 2 aromatic heterocycles. The van der Waals surface area contributed by atoms with Crippen LogP contribution in [0.5, 0.6) is 0 Å². The molecule has 0 bridgehead atoms. The molecule has 0 spiro atoms. The van der Waals surface area contributed by atoms with E-state index >= 15 is 0 Å². The molecule has 4 aromatic carbocycles. The lowest BCUT2D eigenvalue weighted by atomic mass is 10.00. The van der Waals surface area contributed by atoms with E-state index in [1.165, 1.54) is 10.8 Å². The zero-order chi connectivity index (χ0) is 20.9. The van der Waals surface area contributed by atoms with Crippen LogP contribution in [0.15, 0.2) is 95.4 Å². The van der Waals surface area contributed by atoms with E-state index in [-0.39, 0.29) is 5.78 Å². The van der Waals surface area contributed by atoms with Gasteiger partial charge in [-0.05, 0) is 22.9 Å². The molecule has 2 heterocycles. The van der Waals surface area contributed by atoms with Gasteiger partial charge in [-0.15, -0.1) is 0 Å². The molecule has 0 aliphatic rings. The van der Waals surface area contributed by atoms with Gasteiger partial charge in [0, 0.05) is 23.4 Å². The van der Waals surface area contributed by atoms with Crippen molar-refractivity contribution in [1.29, 1.82) is 0 Å². The van der Waals surface area contributed by atoms with E-state index in [2.05, 4.69) is 41.0 Å². The Morgan fingerprint density at radius 2 is 1.35 bits per heavy atom. The Morgan fingerprint density at radius 3 is 2.10 bits per heavy atom. The number of nitrogens with zero attached hydrogens (tertiary/aromatic N) is 2. The third-order valence-corrected chi connectivity index (χ3v) is 5.84. The van der Waals surface area contributed by atoms with Gasteiger partial charge in [0.1, 0.15) is 0 Å². The second-order valence-electron chi connectivity index (χ2n) is 7.64. The Hall–Kier alpha value is -4.18. The molecule has 0 saturated carbocycles. The van der Waals surface area contributed by atoms with Crippen LogP contribution in [0.3, 0.4) is 0 Å². The molecule has 4 nitrogen and oxygen atoms in total. The van der Waals surface area contributed by atoms with E-state index in [1.807, 2.05) is 43.4 Å². The highest BCUT2D eigenvalue weighted by Gasteiger charge is 2.20. The summed E-state index contributed by atoms with van der Waals surface area (Å²) in [6.07, 6.45) is 0. The van der Waals surface area contributed by atoms with Crippen LogP contribution in [-0.4, -0.2) is 15.3 Å². The van der Waals surface area contributed by atoms with Crippen LogP contribution in [0.25, 0.3) is 44.2 Å². The maximum atomic E-state index is 12.8. The fourth-order valence-electron chi connectivity index (χ4n) is 4.38. The van der Waals surface area contributed by atoms with Gasteiger partial charge in [0.25, 0.3) is 0 Å². The fraction of sp³-hybridized carbons (Fsp3) is 0.0370. The second-order valence-corrected chi connectivity index (χ2v) is 7.64. The van der Waals surface area contributed by atoms with Crippen LogP contribution in [0.2, 0.25) is 0 Å². The molecule has 4 heteroatoms. The van der Waals surface area contributed by atoms with Crippen LogP contribution < -0.4 is 0 Å². The molecule has 0 amide bonds. The quantitative estimate of drug-likeness (QED) is 0.255. The highest BCUT2D eigenvalue weighted by Crippen LogP contribution is 2.37. The summed E-state index contributed by atoms with van der Waals surface area (Å²) in [4.78, 5) is 17.7. The lowest BCUT2D eigenvalue weighted by Gasteiger charge is -2.07. The Bertz CT molecular complexity index is 1610. The van der Waals surface area contributed by atoms with Gasteiger partial charge in [0.15, 0.2) is 17.3 Å². The largest absolute Gasteiger partial charge is 0.449 e. The van der Waals surface area contributed by atoms with Gasteiger partial charge >= 0.3 is 0 Å². The number of aryl methyl sites for hydroxylation is 1. The van der Waals surface area contributed by atoms with E-state index in [9.17, 15) is 4.79 Å². The number of hydrogen-bond donors (Lipinski definition) is 0. The van der Waals surface area contributed by atoms with Crippen molar-refractivity contribution in [3.8, 4) is 11.6 Å². The number of ketones is 1. The molecule has 0 N–H and O–H groups in total. The summed E-state index contributed by atoms with van der Waals surface area (Å²) in [7, 11) is 1.99. The Labute approximate surface area is 178 Å². The monoisotopic (exact) mass is 402 g/mol. The smallest absolute Gasteiger partial charge is 0.228 e. The summed E-state index contributed by atoms with van der Waals surface area (Å²) in [5.41, 5.74) is 2.58. The van der Waals surface area contributed by atoms with E-state index in [1.54, 1.807) is 18.2 Å². The van der Waals surface area contributed by atoms with Crippen molar-refractivity contribution in [3.05, 3.63) is 102 Å². The van der Waals surface area contributed by atoms with Crippen molar-refractivity contribution >= 4 is 38.4 Å². The minimum Gasteiger partial charge on any atom is -0.449 e. The third-order valence-electron chi connectivity index (χ3n) is 5.84. The highest BCUT2D eigenvalue weighted by atomic mass is 16.3. The highest BCUT2D eigenvalue weighted by molar-refractivity contribution is 6.23. The number of carbonyl (C=O) groups is 1. The van der Waals surface area contributed by atoms with E-state index in [4.69, 9.17) is 9.40 Å². The number of benzene rings is 4. The summed E-state index contributed by atoms with van der Waals surface area (Å²) in [6.45, 7) is 0. The minimum atomic E-state index is -0.137. The Kier molecular flexibility index (Phi) is 3.80. The first-order chi connectivity index (χ1) is 15.2. The molecular formula is C27H18N2O2. The SMILES string of the molecule is Cn1c(-c2ccc(C(=O)c3ccccc3)o2)nc2c3ccccc3c3ccccc3c21. The van der Waals surface area contributed by atoms with Gasteiger partial charge < -0.3 is 8.98 Å². The maximum Gasteiger partial charge on any atom is 0.228 e. The Balaban J connectivity index is 1.58. The average molecular weight is 402 g/mol. The van der Waals surface area contributed by atoms with Crippen molar-refractivity contribution in [2.24, 2.45) is 7.05 Å². The molecule has 0 aliphatic heterocycles. The average Bonchev–Trinajstić information content (AvgIpc) is 3.44. The van der Waals surface area contributed by atoms with Crippen LogP contribution in [0.4, 0.5) is 0 Å². The second kappa shape index (κ2) is 6.67. The standard InChI is InChI=1S/C27H18N2O2/c1-29-25-21-14-8-6-12-19(21)18-11-5-7-13-20(18)24(25)28-27(29)23-16-15-22(31-23)26(30)17-9-3-2-4-10-17/h2-16H,1H3. The van der Waals surface area contributed by atoms with Crippen molar-refractivity contribution in [2.45, 2.75) is 0 Å². The number of furan rings is 1. The predicted molar refractivity (Wildman–Crippen MR) is 123 cm³/mol. The molecule has 0 fully saturated rings. The molecule has 6 rings (SSSR count). The molecule has 0 atom stereocenters. The van der Waals surface area contributed by atoms with Crippen LogP contribution in [0, 0.1) is 0 Å². The van der Waals surface area contributed by atoms with Gasteiger partial charge in [0.05, 0.1) is 11.0 Å². The summed E-state index contributed by atoms with van der Waals surface area (Å²) in [5, 5.41) is 4.61. The molecular weight excluding hydrogens is 384 g/mol. The lowest BCUT2D eigenvalue weighted by molar-refractivity contribution is 0.101. The summed E-state index contributed by atoms with van der Waals surface area (Å²) in [5.74, 6) is 1.44. The van der Waals surface area contributed by atoms with Crippen molar-refractivity contribution in [1.82, 2.24) is 9.55 Å². The summed E-state index contributed by atoms with van der Waals surface area (Å²) >= 11 is 0. The first kappa shape index (κ1) is 17.7. The molecule has 31 heavy (non-hydrogen) atoms. The molecule has 0 aliphatic carbocycles. The van der Waals surface area contributed by atoms with Gasteiger partial charge in [-0.3, -0.25) is 4.79 Å². The zero-order valence-corrected chi connectivity index (χ0v) is 16.9. The number of imidazole rings is 1. The summed E-state index contributed by atoms with van der Waals surface area (Å²) < 4.78 is 8.04. The number of fused-ring (bicyclic) bond motifs is 6. The number of aromatic nitrogens is 2. The number of carbonyl (C=O) groups excluding carboxylic acids is 1. The van der Waals surface area contributed by atoms with Crippen LogP contribution >= 0.6 is 0 Å². The summed E-state index contributed by atoms with van der Waals surface area (Å²) in [6, 6.07) is 29.4. The molecule has 0 saturated heterocycles. The Morgan fingerprint density at radius 1 is 0.742 bits per heavy atom. The van der Waals surface area contributed by atoms with Gasteiger partial charge in [-0.25, -0.2) is 4.98 Å². The van der Waals surface area contributed by atoms with Gasteiger partial charge in [0.2, 0.25) is 5.78 Å². The molecule has 148 valence electrons. The number of rotatable bonds is 3. The normalized spacial score (nSPS) is 11.5. The topological polar surface area (TPSA) is 48.0 Å². The molecule has 0 unspecified atom stereocenters. The van der Waals surface area contributed by atoms with Crippen molar-refractivity contribution < 1.29 is 9.21 Å². The molecule has 6 aromatic rings. The van der Waals surface area contributed by atoms with Crippen LogP contribution in [0.1, 0.15) is 16.1 Å². The number of hydrogen-bond acceptors (Lipinski definition) is 3. The zero-order valence-electron chi connectivity index (χ0n) is 16.9. The van der Waals surface area contributed by atoms with E-state index in [0.29, 0.717) is 22.9 Å². The van der Waals surface area contributed by atoms with Crippen molar-refractivity contribution in [2.75, 3.05) is 0 Å². The first-order valence-electron chi connectivity index (χ1n) is 10.2. The maximum absolute atomic E-state index is 12.8. The van der Waals surface area contributed by atoms with E-state index < -0.39 is 0 Å². The fourth-order valence-corrected chi connectivity index (χ4v) is 4.38.